The van der Waals surface area contributed by atoms with E-state index >= 15 is 0 Å². The molecule has 1 rings (SSSR count). The molecule has 0 aliphatic heterocycles. The van der Waals surface area contributed by atoms with Gasteiger partial charge in [0.2, 0.25) is 0 Å². The minimum Gasteiger partial charge on any atom is -0.491 e. The zero-order chi connectivity index (χ0) is 13.5. The van der Waals surface area contributed by atoms with E-state index in [2.05, 4.69) is 12.1 Å². The molecule has 0 atom stereocenters. The lowest BCUT2D eigenvalue weighted by atomic mass is 10.1. The van der Waals surface area contributed by atoms with Crippen LogP contribution in [0.4, 0.5) is 0 Å². The maximum absolute atomic E-state index is 11.0. The summed E-state index contributed by atoms with van der Waals surface area (Å²) in [6.45, 7) is 7.07. The first kappa shape index (κ1) is 14.7. The summed E-state index contributed by atoms with van der Waals surface area (Å²) in [5.41, 5.74) is 1.27. The van der Waals surface area contributed by atoms with E-state index in [0.29, 0.717) is 6.54 Å². The van der Waals surface area contributed by atoms with Crippen LogP contribution in [-0.2, 0) is 11.2 Å². The van der Waals surface area contributed by atoms with Gasteiger partial charge >= 0.3 is 0 Å². The number of ketones is 1. The number of hydrogen-bond donors (Lipinski definition) is 0. The van der Waals surface area contributed by atoms with Gasteiger partial charge in [0.15, 0.2) is 0 Å². The topological polar surface area (TPSA) is 29.5 Å². The fourth-order valence-corrected chi connectivity index (χ4v) is 1.79. The Morgan fingerprint density at radius 2 is 1.89 bits per heavy atom. The van der Waals surface area contributed by atoms with E-state index in [9.17, 15) is 4.79 Å². The maximum atomic E-state index is 11.0. The molecule has 0 aliphatic rings. The summed E-state index contributed by atoms with van der Waals surface area (Å²) in [5, 5.41) is 0. The molecule has 3 nitrogen and oxygen atoms in total. The van der Waals surface area contributed by atoms with E-state index in [1.807, 2.05) is 37.9 Å². The molecule has 3 heteroatoms. The van der Waals surface area contributed by atoms with Crippen molar-refractivity contribution in [2.24, 2.45) is 0 Å². The summed E-state index contributed by atoms with van der Waals surface area (Å²) >= 11 is 0. The van der Waals surface area contributed by atoms with Gasteiger partial charge in [-0.15, -0.1) is 0 Å². The minimum absolute atomic E-state index is 0.206. The van der Waals surface area contributed by atoms with Gasteiger partial charge in [-0.05, 0) is 51.9 Å². The SMILES string of the molecule is CC(=O)CN(C)CCc1ccc(OC(C)C)cc1. The van der Waals surface area contributed by atoms with E-state index in [1.165, 1.54) is 5.56 Å². The highest BCUT2D eigenvalue weighted by Crippen LogP contribution is 2.14. The molecular formula is C15H23NO2. The largest absolute Gasteiger partial charge is 0.491 e. The third-order valence-corrected chi connectivity index (χ3v) is 2.57. The highest BCUT2D eigenvalue weighted by Gasteiger charge is 2.03. The molecule has 0 saturated heterocycles. The highest BCUT2D eigenvalue weighted by molar-refractivity contribution is 5.77. The van der Waals surface area contributed by atoms with E-state index < -0.39 is 0 Å². The van der Waals surface area contributed by atoms with Crippen LogP contribution in [0.15, 0.2) is 24.3 Å². The van der Waals surface area contributed by atoms with Crippen molar-refractivity contribution in [2.45, 2.75) is 33.3 Å². The van der Waals surface area contributed by atoms with E-state index in [-0.39, 0.29) is 11.9 Å². The Morgan fingerprint density at radius 1 is 1.28 bits per heavy atom. The Kier molecular flexibility index (Phi) is 5.86. The quantitative estimate of drug-likeness (QED) is 0.743. The molecule has 0 bridgehead atoms. The molecular weight excluding hydrogens is 226 g/mol. The standard InChI is InChI=1S/C15H23NO2/c1-12(2)18-15-7-5-14(6-8-15)9-10-16(4)11-13(3)17/h5-8,12H,9-11H2,1-4H3. The van der Waals surface area contributed by atoms with Crippen molar-refractivity contribution in [2.75, 3.05) is 20.1 Å². The fraction of sp³-hybridized carbons (Fsp3) is 0.533. The van der Waals surface area contributed by atoms with Crippen molar-refractivity contribution in [3.63, 3.8) is 0 Å². The smallest absolute Gasteiger partial charge is 0.143 e. The zero-order valence-corrected chi connectivity index (χ0v) is 11.8. The number of carbonyl (C=O) groups is 1. The third-order valence-electron chi connectivity index (χ3n) is 2.57. The summed E-state index contributed by atoms with van der Waals surface area (Å²) in [6.07, 6.45) is 1.16. The van der Waals surface area contributed by atoms with Crippen molar-refractivity contribution in [3.05, 3.63) is 29.8 Å². The van der Waals surface area contributed by atoms with Gasteiger partial charge in [-0.25, -0.2) is 0 Å². The average molecular weight is 249 g/mol. The summed E-state index contributed by atoms with van der Waals surface area (Å²) in [4.78, 5) is 13.0. The number of benzene rings is 1. The molecule has 0 radical (unpaired) electrons. The molecule has 0 aliphatic carbocycles. The lowest BCUT2D eigenvalue weighted by molar-refractivity contribution is -0.117. The first-order valence-electron chi connectivity index (χ1n) is 6.41. The predicted octanol–water partition coefficient (Wildman–Crippen LogP) is 2.54. The molecule has 0 amide bonds. The average Bonchev–Trinajstić information content (AvgIpc) is 2.26. The summed E-state index contributed by atoms with van der Waals surface area (Å²) < 4.78 is 5.59. The number of carbonyl (C=O) groups excluding carboxylic acids is 1. The Bertz CT molecular complexity index is 371. The van der Waals surface area contributed by atoms with Crippen LogP contribution < -0.4 is 4.74 Å². The molecule has 18 heavy (non-hydrogen) atoms. The summed E-state index contributed by atoms with van der Waals surface area (Å²) in [7, 11) is 1.97. The zero-order valence-electron chi connectivity index (χ0n) is 11.8. The second kappa shape index (κ2) is 7.17. The monoisotopic (exact) mass is 249 g/mol. The second-order valence-electron chi connectivity index (χ2n) is 5.00. The Hall–Kier alpha value is -1.35. The van der Waals surface area contributed by atoms with Crippen LogP contribution in [0, 0.1) is 0 Å². The van der Waals surface area contributed by atoms with Crippen molar-refractivity contribution in [1.82, 2.24) is 4.90 Å². The molecule has 0 heterocycles. The Morgan fingerprint density at radius 3 is 2.39 bits per heavy atom. The molecule has 0 aromatic heterocycles. The van der Waals surface area contributed by atoms with Crippen molar-refractivity contribution in [1.29, 1.82) is 0 Å². The number of ether oxygens (including phenoxy) is 1. The molecule has 0 spiro atoms. The normalized spacial score (nSPS) is 11.0. The van der Waals surface area contributed by atoms with E-state index in [4.69, 9.17) is 4.74 Å². The van der Waals surface area contributed by atoms with Crippen molar-refractivity contribution in [3.8, 4) is 5.75 Å². The lowest BCUT2D eigenvalue weighted by Crippen LogP contribution is -2.26. The van der Waals surface area contributed by atoms with Crippen LogP contribution in [0.5, 0.6) is 5.75 Å². The molecule has 0 fully saturated rings. The van der Waals surface area contributed by atoms with Crippen LogP contribution in [0.3, 0.4) is 0 Å². The summed E-state index contributed by atoms with van der Waals surface area (Å²) in [5.74, 6) is 1.11. The van der Waals surface area contributed by atoms with Gasteiger partial charge in [-0.3, -0.25) is 9.69 Å². The number of likely N-dealkylation sites (N-methyl/N-ethyl adjacent to an activating group) is 1. The van der Waals surface area contributed by atoms with Crippen molar-refractivity contribution < 1.29 is 9.53 Å². The first-order valence-corrected chi connectivity index (χ1v) is 6.41. The van der Waals surface area contributed by atoms with Gasteiger partial charge < -0.3 is 4.74 Å². The van der Waals surface area contributed by atoms with Gasteiger partial charge in [0.05, 0.1) is 12.6 Å². The number of hydrogen-bond acceptors (Lipinski definition) is 3. The highest BCUT2D eigenvalue weighted by atomic mass is 16.5. The second-order valence-corrected chi connectivity index (χ2v) is 5.00. The number of rotatable bonds is 7. The Labute approximate surface area is 110 Å². The predicted molar refractivity (Wildman–Crippen MR) is 74.1 cm³/mol. The summed E-state index contributed by atoms with van der Waals surface area (Å²) in [6, 6.07) is 8.17. The molecule has 1 aromatic rings. The van der Waals surface area contributed by atoms with Gasteiger partial charge in [0.25, 0.3) is 0 Å². The number of Topliss-reactive ketones (excluding diaryl/α,β-unsaturated/α-hetero) is 1. The molecule has 1 aromatic carbocycles. The van der Waals surface area contributed by atoms with E-state index in [1.54, 1.807) is 6.92 Å². The molecule has 0 N–H and O–H groups in total. The van der Waals surface area contributed by atoms with Gasteiger partial charge in [-0.2, -0.15) is 0 Å². The minimum atomic E-state index is 0.206. The van der Waals surface area contributed by atoms with Crippen LogP contribution in [0.1, 0.15) is 26.3 Å². The van der Waals surface area contributed by atoms with Crippen LogP contribution in [0.25, 0.3) is 0 Å². The molecule has 0 unspecified atom stereocenters. The van der Waals surface area contributed by atoms with Crippen LogP contribution in [0.2, 0.25) is 0 Å². The van der Waals surface area contributed by atoms with Gasteiger partial charge in [0, 0.05) is 6.54 Å². The van der Waals surface area contributed by atoms with Gasteiger partial charge in [0.1, 0.15) is 11.5 Å². The molecule has 0 saturated carbocycles. The molecule has 100 valence electrons. The number of nitrogens with zero attached hydrogens (tertiary/aromatic N) is 1. The van der Waals surface area contributed by atoms with Gasteiger partial charge in [-0.1, -0.05) is 12.1 Å². The van der Waals surface area contributed by atoms with Crippen LogP contribution >= 0.6 is 0 Å². The maximum Gasteiger partial charge on any atom is 0.143 e. The Balaban J connectivity index is 2.41. The van der Waals surface area contributed by atoms with Crippen LogP contribution in [-0.4, -0.2) is 36.9 Å². The van der Waals surface area contributed by atoms with E-state index in [0.717, 1.165) is 18.7 Å². The van der Waals surface area contributed by atoms with Crippen molar-refractivity contribution >= 4 is 5.78 Å². The fourth-order valence-electron chi connectivity index (χ4n) is 1.79. The first-order chi connectivity index (χ1) is 8.47. The third kappa shape index (κ3) is 5.82. The lowest BCUT2D eigenvalue weighted by Gasteiger charge is -2.15.